The first-order chi connectivity index (χ1) is 19.2. The molecule has 1 N–H and O–H groups in total. The third-order valence-electron chi connectivity index (χ3n) is 7.72. The molecule has 4 rings (SSSR count). The predicted molar refractivity (Wildman–Crippen MR) is 152 cm³/mol. The zero-order valence-electron chi connectivity index (χ0n) is 22.2. The van der Waals surface area contributed by atoms with Gasteiger partial charge in [0.25, 0.3) is 0 Å². The van der Waals surface area contributed by atoms with Crippen molar-refractivity contribution in [2.45, 2.75) is 107 Å². The van der Waals surface area contributed by atoms with E-state index in [2.05, 4.69) is 47.3 Å². The van der Waals surface area contributed by atoms with Crippen LogP contribution in [0.2, 0.25) is 0 Å². The first-order valence-electron chi connectivity index (χ1n) is 12.7. The van der Waals surface area contributed by atoms with Crippen LogP contribution in [0.1, 0.15) is 20.8 Å². The predicted octanol–water partition coefficient (Wildman–Crippen LogP) is 1.05. The third kappa shape index (κ3) is 7.10. The molecule has 11 unspecified atom stereocenters. The van der Waals surface area contributed by atoms with Crippen LogP contribution in [-0.4, -0.2) is 110 Å². The Morgan fingerprint density at radius 3 is 1.88 bits per heavy atom. The van der Waals surface area contributed by atoms with Crippen LogP contribution in [0.5, 0.6) is 0 Å². The summed E-state index contributed by atoms with van der Waals surface area (Å²) < 4.78 is 69.3. The van der Waals surface area contributed by atoms with E-state index in [0.29, 0.717) is 0 Å². The number of hydrogen-bond acceptors (Lipinski definition) is 14. The standard InChI is InChI=1S/C21H39O14P5/c1-6-7(2)26-9(4-24-36)11(22)12(6)29-19-17(15-14(31-21(23)32-15)10(28-19)5-25-37)30-20-18(35-40)16(34-39)13(33-38)8(3)27-20/h6-20,22H,4-5,36-40H2,1-3H3/t6?,7-,8?,9?,10?,11-,12+,13-,14-,15-,16-,17?,18?,19-,20-/m0/s1. The molecule has 4 saturated heterocycles. The van der Waals surface area contributed by atoms with Gasteiger partial charge in [-0.05, 0) is 13.8 Å². The van der Waals surface area contributed by atoms with Crippen LogP contribution in [0.15, 0.2) is 0 Å². The van der Waals surface area contributed by atoms with Crippen molar-refractivity contribution < 1.29 is 65.7 Å². The van der Waals surface area contributed by atoms with Crippen LogP contribution in [0.3, 0.4) is 0 Å². The molecule has 4 heterocycles. The van der Waals surface area contributed by atoms with Gasteiger partial charge in [-0.15, -0.1) is 0 Å². The molecule has 14 nitrogen and oxygen atoms in total. The van der Waals surface area contributed by atoms with E-state index in [1.807, 2.05) is 13.8 Å². The van der Waals surface area contributed by atoms with Crippen LogP contribution in [0.4, 0.5) is 4.79 Å². The van der Waals surface area contributed by atoms with Crippen molar-refractivity contribution in [2.24, 2.45) is 5.92 Å². The van der Waals surface area contributed by atoms with E-state index in [-0.39, 0.29) is 25.2 Å². The quantitative estimate of drug-likeness (QED) is 0.247. The number of aliphatic hydroxyl groups is 1. The van der Waals surface area contributed by atoms with E-state index >= 15 is 0 Å². The second kappa shape index (κ2) is 15.3. The topological polar surface area (TPSA) is 148 Å². The van der Waals surface area contributed by atoms with Gasteiger partial charge in [-0.25, -0.2) is 4.79 Å². The molecule has 0 bridgehead atoms. The molecule has 0 aliphatic carbocycles. The fraction of sp³-hybridized carbons (Fsp3) is 0.952. The van der Waals surface area contributed by atoms with Gasteiger partial charge in [0.05, 0.1) is 31.5 Å². The molecule has 232 valence electrons. The van der Waals surface area contributed by atoms with Gasteiger partial charge < -0.3 is 60.9 Å². The van der Waals surface area contributed by atoms with E-state index in [9.17, 15) is 9.90 Å². The van der Waals surface area contributed by atoms with Gasteiger partial charge >= 0.3 is 6.16 Å². The van der Waals surface area contributed by atoms with Gasteiger partial charge in [0.2, 0.25) is 0 Å². The summed E-state index contributed by atoms with van der Waals surface area (Å²) in [6, 6.07) is 0. The number of aliphatic hydroxyl groups excluding tert-OH is 1. The number of carbonyl (C=O) groups is 1. The summed E-state index contributed by atoms with van der Waals surface area (Å²) in [5, 5.41) is 11.2. The van der Waals surface area contributed by atoms with Gasteiger partial charge in [0.15, 0.2) is 30.9 Å². The van der Waals surface area contributed by atoms with Gasteiger partial charge in [0, 0.05) is 53.3 Å². The highest BCUT2D eigenvalue weighted by Gasteiger charge is 2.59. The van der Waals surface area contributed by atoms with Gasteiger partial charge in [0.1, 0.15) is 36.6 Å². The minimum Gasteiger partial charge on any atom is -0.424 e. The van der Waals surface area contributed by atoms with Crippen LogP contribution in [-0.2, 0) is 55.8 Å². The van der Waals surface area contributed by atoms with E-state index < -0.39 is 85.9 Å². The molecular weight excluding hydrogens is 631 g/mol. The zero-order valence-corrected chi connectivity index (χ0v) is 28.0. The SMILES string of the molecule is CC1[C@H](C)OC(COP)[C@H](O)[C@@H]1O[C@@H]1OC(COP)[C@@H]2OC(=O)O[C@@H]2C1O[C@@H]1OC(C)[C@H](OP)[C@H](OP)C1OP. The highest BCUT2D eigenvalue weighted by Crippen LogP contribution is 2.40. The maximum atomic E-state index is 12.3. The first kappa shape index (κ1) is 33.9. The third-order valence-corrected chi connectivity index (χ3v) is 9.05. The Kier molecular flexibility index (Phi) is 13.0. The maximum absolute atomic E-state index is 12.3. The van der Waals surface area contributed by atoms with Crippen molar-refractivity contribution in [1.29, 1.82) is 0 Å². The summed E-state index contributed by atoms with van der Waals surface area (Å²) in [6.07, 6.45) is -11.8. The lowest BCUT2D eigenvalue weighted by atomic mass is 9.88. The second-order valence-electron chi connectivity index (χ2n) is 10.1. The second-order valence-corrected chi connectivity index (χ2v) is 11.6. The molecule has 0 aromatic carbocycles. The summed E-state index contributed by atoms with van der Waals surface area (Å²) in [4.78, 5) is 12.3. The highest BCUT2D eigenvalue weighted by molar-refractivity contribution is 7.10. The first-order valence-corrected chi connectivity index (χ1v) is 15.1. The molecule has 0 aromatic heterocycles. The molecule has 0 saturated carbocycles. The van der Waals surface area contributed by atoms with Crippen LogP contribution >= 0.6 is 47.3 Å². The van der Waals surface area contributed by atoms with E-state index in [4.69, 9.17) is 55.8 Å². The Hall–Kier alpha value is 0.980. The van der Waals surface area contributed by atoms with Crippen molar-refractivity contribution in [1.82, 2.24) is 0 Å². The molecule has 0 spiro atoms. The largest absolute Gasteiger partial charge is 0.509 e. The fourth-order valence-corrected chi connectivity index (χ4v) is 6.82. The Morgan fingerprint density at radius 2 is 1.25 bits per heavy atom. The number of rotatable bonds is 11. The summed E-state index contributed by atoms with van der Waals surface area (Å²) in [7, 11) is 10.9. The van der Waals surface area contributed by atoms with Crippen LogP contribution in [0.25, 0.3) is 0 Å². The Balaban J connectivity index is 1.64. The molecule has 4 fully saturated rings. The van der Waals surface area contributed by atoms with Gasteiger partial charge in [-0.1, -0.05) is 6.92 Å². The average Bonchev–Trinajstić information content (AvgIpc) is 3.32. The molecule has 40 heavy (non-hydrogen) atoms. The van der Waals surface area contributed by atoms with Crippen molar-refractivity contribution >= 4 is 53.5 Å². The molecule has 4 aliphatic rings. The summed E-state index contributed by atoms with van der Waals surface area (Å²) >= 11 is 0. The van der Waals surface area contributed by atoms with Crippen molar-refractivity contribution in [3.63, 3.8) is 0 Å². The van der Waals surface area contributed by atoms with Gasteiger partial charge in [-0.2, -0.15) is 0 Å². The highest BCUT2D eigenvalue weighted by atomic mass is 31.0. The molecule has 0 amide bonds. The normalized spacial score (nSPS) is 47.4. The van der Waals surface area contributed by atoms with Gasteiger partial charge in [-0.3, -0.25) is 0 Å². The lowest BCUT2D eigenvalue weighted by Crippen LogP contribution is -2.65. The fourth-order valence-electron chi connectivity index (χ4n) is 5.47. The number of hydrogen-bond donors (Lipinski definition) is 1. The van der Waals surface area contributed by atoms with Crippen LogP contribution < -0.4 is 0 Å². The average molecular weight is 670 g/mol. The lowest BCUT2D eigenvalue weighted by Gasteiger charge is -2.49. The lowest BCUT2D eigenvalue weighted by molar-refractivity contribution is -0.364. The van der Waals surface area contributed by atoms with Crippen molar-refractivity contribution in [3.05, 3.63) is 0 Å². The molecular formula is C21H39O14P5. The minimum atomic E-state index is -1.15. The number of carbonyl (C=O) groups excluding carboxylic acids is 1. The monoisotopic (exact) mass is 670 g/mol. The number of fused-ring (bicyclic) bond motifs is 1. The van der Waals surface area contributed by atoms with E-state index in [1.165, 1.54) is 0 Å². The zero-order chi connectivity index (χ0) is 29.1. The Labute approximate surface area is 244 Å². The molecule has 20 atom stereocenters. The summed E-state index contributed by atoms with van der Waals surface area (Å²) in [5.74, 6) is -0.250. The molecule has 0 aromatic rings. The van der Waals surface area contributed by atoms with Crippen LogP contribution in [0, 0.1) is 5.92 Å². The molecule has 4 aliphatic heterocycles. The smallest absolute Gasteiger partial charge is 0.424 e. The Morgan fingerprint density at radius 1 is 0.675 bits per heavy atom. The summed E-state index contributed by atoms with van der Waals surface area (Å²) in [6.45, 7) is 5.76. The van der Waals surface area contributed by atoms with Crippen molar-refractivity contribution in [2.75, 3.05) is 13.2 Å². The molecule has 19 heteroatoms. The van der Waals surface area contributed by atoms with Crippen molar-refractivity contribution in [3.8, 4) is 0 Å². The van der Waals surface area contributed by atoms with E-state index in [1.54, 1.807) is 6.92 Å². The maximum Gasteiger partial charge on any atom is 0.509 e. The minimum absolute atomic E-state index is 0.0469. The Bertz CT molecular complexity index is 835. The molecule has 0 radical (unpaired) electrons. The summed E-state index contributed by atoms with van der Waals surface area (Å²) in [5.41, 5.74) is 0. The number of ether oxygens (including phenoxy) is 7. The van der Waals surface area contributed by atoms with E-state index in [0.717, 1.165) is 0 Å².